The molecular formula is C12H14N. The molecule has 1 heterocycles. The van der Waals surface area contributed by atoms with Crippen LogP contribution in [-0.4, -0.2) is 4.98 Å². The van der Waals surface area contributed by atoms with Crippen molar-refractivity contribution in [3.05, 3.63) is 42.4 Å². The number of hydrogen-bond acceptors (Lipinski definition) is 0. The molecule has 0 aliphatic carbocycles. The third-order valence-electron chi connectivity index (χ3n) is 2.33. The lowest BCUT2D eigenvalue weighted by Crippen LogP contribution is -1.81. The average Bonchev–Trinajstić information content (AvgIpc) is 2.58. The molecular weight excluding hydrogens is 158 g/mol. The zero-order valence-corrected chi connectivity index (χ0v) is 7.88. The molecule has 13 heavy (non-hydrogen) atoms. The van der Waals surface area contributed by atoms with Crippen LogP contribution in [0.4, 0.5) is 0 Å². The van der Waals surface area contributed by atoms with Gasteiger partial charge < -0.3 is 4.98 Å². The van der Waals surface area contributed by atoms with Gasteiger partial charge in [-0.2, -0.15) is 0 Å². The van der Waals surface area contributed by atoms with E-state index in [1.54, 1.807) is 0 Å². The highest BCUT2D eigenvalue weighted by Gasteiger charge is 2.00. The van der Waals surface area contributed by atoms with Crippen LogP contribution >= 0.6 is 0 Å². The molecule has 0 fully saturated rings. The van der Waals surface area contributed by atoms with Gasteiger partial charge in [0, 0.05) is 17.1 Å². The molecule has 2 aromatic rings. The smallest absolute Gasteiger partial charge is 0.0456 e. The van der Waals surface area contributed by atoms with Crippen molar-refractivity contribution < 1.29 is 0 Å². The number of aromatic amines is 1. The molecule has 0 spiro atoms. The molecule has 1 heteroatoms. The topological polar surface area (TPSA) is 15.8 Å². The van der Waals surface area contributed by atoms with E-state index in [0.29, 0.717) is 0 Å². The van der Waals surface area contributed by atoms with E-state index >= 15 is 0 Å². The average molecular weight is 172 g/mol. The van der Waals surface area contributed by atoms with Gasteiger partial charge in [-0.05, 0) is 24.5 Å². The standard InChI is InChI=1S/C12H14N/c1-2-3-6-10-9-13-12-8-5-4-7-11(10)12/h3-5,7-9,13H,2,6H2,1H3. The van der Waals surface area contributed by atoms with Gasteiger partial charge in [-0.15, -0.1) is 0 Å². The summed E-state index contributed by atoms with van der Waals surface area (Å²) in [4.78, 5) is 3.28. The van der Waals surface area contributed by atoms with Crippen molar-refractivity contribution in [1.82, 2.24) is 4.98 Å². The molecule has 0 aliphatic heterocycles. The number of rotatable bonds is 3. The van der Waals surface area contributed by atoms with Crippen LogP contribution in [0.3, 0.4) is 0 Å². The summed E-state index contributed by atoms with van der Waals surface area (Å²) in [5.41, 5.74) is 2.64. The Morgan fingerprint density at radius 1 is 1.31 bits per heavy atom. The second-order valence-corrected chi connectivity index (χ2v) is 3.26. The molecule has 1 aromatic carbocycles. The summed E-state index contributed by atoms with van der Waals surface area (Å²) < 4.78 is 0. The first-order chi connectivity index (χ1) is 6.42. The molecule has 67 valence electrons. The molecule has 0 saturated carbocycles. The molecule has 0 amide bonds. The van der Waals surface area contributed by atoms with Crippen LogP contribution in [-0.2, 0) is 6.42 Å². The molecule has 2 rings (SSSR count). The van der Waals surface area contributed by atoms with Crippen LogP contribution in [0.5, 0.6) is 0 Å². The van der Waals surface area contributed by atoms with E-state index in [2.05, 4.69) is 48.8 Å². The Balaban J connectivity index is 2.35. The number of nitrogens with one attached hydrogen (secondary N) is 1. The van der Waals surface area contributed by atoms with Crippen LogP contribution in [0.1, 0.15) is 18.9 Å². The minimum absolute atomic E-state index is 1.07. The number of aromatic nitrogens is 1. The number of H-pyrrole nitrogens is 1. The van der Waals surface area contributed by atoms with Crippen molar-refractivity contribution in [2.75, 3.05) is 0 Å². The minimum Gasteiger partial charge on any atom is -0.361 e. The monoisotopic (exact) mass is 172 g/mol. The number of hydrogen-bond donors (Lipinski definition) is 1. The summed E-state index contributed by atoms with van der Waals surface area (Å²) in [6.07, 6.45) is 6.62. The van der Waals surface area contributed by atoms with Crippen LogP contribution < -0.4 is 0 Å². The molecule has 1 N–H and O–H groups in total. The maximum Gasteiger partial charge on any atom is 0.0456 e. The molecule has 0 saturated heterocycles. The van der Waals surface area contributed by atoms with E-state index in [-0.39, 0.29) is 0 Å². The van der Waals surface area contributed by atoms with Crippen molar-refractivity contribution in [2.45, 2.75) is 19.8 Å². The fourth-order valence-corrected chi connectivity index (χ4v) is 1.60. The molecule has 0 atom stereocenters. The number of fused-ring (bicyclic) bond motifs is 1. The van der Waals surface area contributed by atoms with Gasteiger partial charge in [0.1, 0.15) is 0 Å². The Kier molecular flexibility index (Phi) is 2.35. The summed E-state index contributed by atoms with van der Waals surface area (Å²) in [6, 6.07) is 8.44. The van der Waals surface area contributed by atoms with Crippen LogP contribution in [0, 0.1) is 6.42 Å². The maximum atomic E-state index is 3.28. The van der Waals surface area contributed by atoms with Crippen molar-refractivity contribution in [3.8, 4) is 0 Å². The van der Waals surface area contributed by atoms with Crippen molar-refractivity contribution >= 4 is 10.9 Å². The summed E-state index contributed by atoms with van der Waals surface area (Å²) in [5.74, 6) is 0. The lowest BCUT2D eigenvalue weighted by molar-refractivity contribution is 1.00. The molecule has 0 aliphatic rings. The summed E-state index contributed by atoms with van der Waals surface area (Å²) in [5, 5.41) is 1.35. The van der Waals surface area contributed by atoms with Gasteiger partial charge in [0.2, 0.25) is 0 Å². The highest BCUT2D eigenvalue weighted by atomic mass is 14.7. The van der Waals surface area contributed by atoms with E-state index in [9.17, 15) is 0 Å². The molecule has 0 unspecified atom stereocenters. The quantitative estimate of drug-likeness (QED) is 0.731. The van der Waals surface area contributed by atoms with Gasteiger partial charge in [-0.3, -0.25) is 0 Å². The number of benzene rings is 1. The highest BCUT2D eigenvalue weighted by molar-refractivity contribution is 5.83. The Morgan fingerprint density at radius 3 is 3.00 bits per heavy atom. The minimum atomic E-state index is 1.07. The first-order valence-corrected chi connectivity index (χ1v) is 4.78. The molecule has 1 aromatic heterocycles. The van der Waals surface area contributed by atoms with Gasteiger partial charge in [0.25, 0.3) is 0 Å². The fraction of sp³-hybridized carbons (Fsp3) is 0.250. The molecule has 1 radical (unpaired) electrons. The second kappa shape index (κ2) is 3.65. The Labute approximate surface area is 78.8 Å². The predicted molar refractivity (Wildman–Crippen MR) is 56.6 cm³/mol. The van der Waals surface area contributed by atoms with E-state index in [4.69, 9.17) is 0 Å². The molecule has 1 nitrogen and oxygen atoms in total. The first-order valence-electron chi connectivity index (χ1n) is 4.78. The normalized spacial score (nSPS) is 10.8. The van der Waals surface area contributed by atoms with E-state index in [1.807, 2.05) is 0 Å². The predicted octanol–water partition coefficient (Wildman–Crippen LogP) is 3.32. The summed E-state index contributed by atoms with van der Waals surface area (Å²) >= 11 is 0. The van der Waals surface area contributed by atoms with Gasteiger partial charge in [0.15, 0.2) is 0 Å². The third kappa shape index (κ3) is 1.59. The van der Waals surface area contributed by atoms with E-state index < -0.39 is 0 Å². The van der Waals surface area contributed by atoms with Gasteiger partial charge >= 0.3 is 0 Å². The largest absolute Gasteiger partial charge is 0.361 e. The fourth-order valence-electron chi connectivity index (χ4n) is 1.60. The van der Waals surface area contributed by atoms with Crippen molar-refractivity contribution in [3.63, 3.8) is 0 Å². The number of unbranched alkanes of at least 4 members (excludes halogenated alkanes) is 1. The van der Waals surface area contributed by atoms with E-state index in [1.165, 1.54) is 16.5 Å². The van der Waals surface area contributed by atoms with Gasteiger partial charge in [-0.25, -0.2) is 0 Å². The second-order valence-electron chi connectivity index (χ2n) is 3.26. The lowest BCUT2D eigenvalue weighted by Gasteiger charge is -1.95. The zero-order valence-electron chi connectivity index (χ0n) is 7.88. The Bertz CT molecular complexity index is 387. The lowest BCUT2D eigenvalue weighted by atomic mass is 10.1. The van der Waals surface area contributed by atoms with Gasteiger partial charge in [0.05, 0.1) is 0 Å². The number of para-hydroxylation sites is 1. The van der Waals surface area contributed by atoms with Crippen LogP contribution in [0.25, 0.3) is 10.9 Å². The maximum absolute atomic E-state index is 3.28. The van der Waals surface area contributed by atoms with Crippen LogP contribution in [0.15, 0.2) is 30.5 Å². The Hall–Kier alpha value is -1.24. The molecule has 0 bridgehead atoms. The van der Waals surface area contributed by atoms with Crippen molar-refractivity contribution in [1.29, 1.82) is 0 Å². The van der Waals surface area contributed by atoms with Crippen molar-refractivity contribution in [2.24, 2.45) is 0 Å². The van der Waals surface area contributed by atoms with Gasteiger partial charge in [-0.1, -0.05) is 31.5 Å². The zero-order chi connectivity index (χ0) is 9.10. The SMILES string of the molecule is CC[CH]Cc1c[nH]c2ccccc12. The highest BCUT2D eigenvalue weighted by Crippen LogP contribution is 2.18. The summed E-state index contributed by atoms with van der Waals surface area (Å²) in [7, 11) is 0. The first kappa shape index (κ1) is 8.36. The Morgan fingerprint density at radius 2 is 2.15 bits per heavy atom. The third-order valence-corrected chi connectivity index (χ3v) is 2.33. The van der Waals surface area contributed by atoms with Crippen LogP contribution in [0.2, 0.25) is 0 Å². The van der Waals surface area contributed by atoms with E-state index in [0.717, 1.165) is 12.8 Å². The summed E-state index contributed by atoms with van der Waals surface area (Å²) in [6.45, 7) is 2.18.